The molecule has 0 amide bonds. The van der Waals surface area contributed by atoms with Gasteiger partial charge in [-0.2, -0.15) is 5.10 Å². The molecule has 1 N–H and O–H groups in total. The van der Waals surface area contributed by atoms with E-state index in [1.165, 1.54) is 0 Å². The summed E-state index contributed by atoms with van der Waals surface area (Å²) >= 11 is 3.49. The van der Waals surface area contributed by atoms with Gasteiger partial charge in [-0.1, -0.05) is 44.2 Å². The maximum absolute atomic E-state index is 10.6. The van der Waals surface area contributed by atoms with Gasteiger partial charge in [0, 0.05) is 12.5 Å². The first-order chi connectivity index (χ1) is 9.15. The zero-order valence-corrected chi connectivity index (χ0v) is 12.8. The molecule has 2 atom stereocenters. The number of aliphatic hydroxyl groups excluding tert-OH is 1. The molecular weight excluding hydrogens is 304 g/mol. The predicted octanol–water partition coefficient (Wildman–Crippen LogP) is 3.89. The molecule has 0 spiro atoms. The van der Waals surface area contributed by atoms with E-state index in [1.807, 2.05) is 41.9 Å². The third-order valence-electron chi connectivity index (χ3n) is 3.35. The molecule has 3 nitrogen and oxygen atoms in total. The van der Waals surface area contributed by atoms with Crippen LogP contribution in [0.5, 0.6) is 0 Å². The van der Waals surface area contributed by atoms with Crippen LogP contribution in [0.4, 0.5) is 0 Å². The number of nitrogens with zero attached hydrogens (tertiary/aromatic N) is 2. The lowest BCUT2D eigenvalue weighted by atomic mass is 9.93. The first-order valence-corrected chi connectivity index (χ1v) is 7.38. The summed E-state index contributed by atoms with van der Waals surface area (Å²) in [7, 11) is 0. The SMILES string of the molecule is CCCn1ncc(Br)c1C(O)C(C)c1ccccc1. The molecule has 0 saturated carbocycles. The van der Waals surface area contributed by atoms with E-state index in [-0.39, 0.29) is 5.92 Å². The summed E-state index contributed by atoms with van der Waals surface area (Å²) in [4.78, 5) is 0. The van der Waals surface area contributed by atoms with E-state index in [9.17, 15) is 5.11 Å². The molecule has 0 fully saturated rings. The van der Waals surface area contributed by atoms with Crippen LogP contribution in [0.3, 0.4) is 0 Å². The minimum atomic E-state index is -0.564. The molecule has 102 valence electrons. The molecular formula is C15H19BrN2O. The fraction of sp³-hybridized carbons (Fsp3) is 0.400. The van der Waals surface area contributed by atoms with E-state index in [4.69, 9.17) is 0 Å². The lowest BCUT2D eigenvalue weighted by Gasteiger charge is -2.21. The monoisotopic (exact) mass is 322 g/mol. The van der Waals surface area contributed by atoms with Crippen molar-refractivity contribution in [3.8, 4) is 0 Å². The zero-order chi connectivity index (χ0) is 13.8. The van der Waals surface area contributed by atoms with Crippen molar-refractivity contribution in [2.75, 3.05) is 0 Å². The van der Waals surface area contributed by atoms with Crippen LogP contribution in [0.25, 0.3) is 0 Å². The van der Waals surface area contributed by atoms with E-state index >= 15 is 0 Å². The fourth-order valence-corrected chi connectivity index (χ4v) is 2.76. The summed E-state index contributed by atoms with van der Waals surface area (Å²) in [5, 5.41) is 14.9. The van der Waals surface area contributed by atoms with Gasteiger partial charge in [0.15, 0.2) is 0 Å². The Morgan fingerprint density at radius 1 is 1.32 bits per heavy atom. The number of aliphatic hydroxyl groups is 1. The van der Waals surface area contributed by atoms with Crippen LogP contribution in [0.2, 0.25) is 0 Å². The second kappa shape index (κ2) is 6.35. The average molecular weight is 323 g/mol. The van der Waals surface area contributed by atoms with Crippen LogP contribution in [0, 0.1) is 0 Å². The van der Waals surface area contributed by atoms with Crippen LogP contribution in [0.1, 0.15) is 43.5 Å². The van der Waals surface area contributed by atoms with Gasteiger partial charge in [-0.3, -0.25) is 4.68 Å². The Bertz CT molecular complexity index is 524. The van der Waals surface area contributed by atoms with Crippen LogP contribution in [-0.4, -0.2) is 14.9 Å². The van der Waals surface area contributed by atoms with Crippen LogP contribution in [-0.2, 0) is 6.54 Å². The van der Waals surface area contributed by atoms with E-state index in [1.54, 1.807) is 6.20 Å². The summed E-state index contributed by atoms with van der Waals surface area (Å²) in [6.45, 7) is 4.96. The number of hydrogen-bond donors (Lipinski definition) is 1. The van der Waals surface area contributed by atoms with Gasteiger partial charge >= 0.3 is 0 Å². The van der Waals surface area contributed by atoms with Gasteiger partial charge in [0.05, 0.1) is 16.4 Å². The van der Waals surface area contributed by atoms with Crippen molar-refractivity contribution in [3.05, 3.63) is 52.3 Å². The Morgan fingerprint density at radius 2 is 2.00 bits per heavy atom. The largest absolute Gasteiger partial charge is 0.386 e. The zero-order valence-electron chi connectivity index (χ0n) is 11.3. The van der Waals surface area contributed by atoms with Gasteiger partial charge < -0.3 is 5.11 Å². The summed E-state index contributed by atoms with van der Waals surface area (Å²) in [6, 6.07) is 10.1. The van der Waals surface area contributed by atoms with Crippen LogP contribution >= 0.6 is 15.9 Å². The number of aryl methyl sites for hydroxylation is 1. The summed E-state index contributed by atoms with van der Waals surface area (Å²) in [5.41, 5.74) is 1.99. The molecule has 4 heteroatoms. The highest BCUT2D eigenvalue weighted by Gasteiger charge is 2.24. The number of rotatable bonds is 5. The van der Waals surface area contributed by atoms with E-state index in [0.29, 0.717) is 0 Å². The molecule has 2 aromatic rings. The predicted molar refractivity (Wildman–Crippen MR) is 80.0 cm³/mol. The first kappa shape index (κ1) is 14.3. The molecule has 1 heterocycles. The minimum Gasteiger partial charge on any atom is -0.386 e. The van der Waals surface area contributed by atoms with Crippen molar-refractivity contribution in [1.29, 1.82) is 0 Å². The number of benzene rings is 1. The van der Waals surface area contributed by atoms with E-state index in [2.05, 4.69) is 28.0 Å². The second-order valence-electron chi connectivity index (χ2n) is 4.75. The van der Waals surface area contributed by atoms with Gasteiger partial charge in [0.1, 0.15) is 6.10 Å². The molecule has 0 radical (unpaired) electrons. The van der Waals surface area contributed by atoms with Crippen molar-refractivity contribution in [2.24, 2.45) is 0 Å². The lowest BCUT2D eigenvalue weighted by molar-refractivity contribution is 0.140. The Kier molecular flexibility index (Phi) is 4.77. The van der Waals surface area contributed by atoms with Gasteiger partial charge in [-0.05, 0) is 27.9 Å². The molecule has 0 bridgehead atoms. The third kappa shape index (κ3) is 3.07. The highest BCUT2D eigenvalue weighted by Crippen LogP contribution is 2.34. The molecule has 2 rings (SSSR count). The Morgan fingerprint density at radius 3 is 2.63 bits per heavy atom. The number of aromatic nitrogens is 2. The summed E-state index contributed by atoms with van der Waals surface area (Å²) in [6.07, 6.45) is 2.19. The molecule has 0 aliphatic carbocycles. The van der Waals surface area contributed by atoms with Crippen LogP contribution in [0.15, 0.2) is 41.0 Å². The van der Waals surface area contributed by atoms with E-state index < -0.39 is 6.10 Å². The molecule has 19 heavy (non-hydrogen) atoms. The summed E-state index contributed by atoms with van der Waals surface area (Å²) < 4.78 is 2.75. The highest BCUT2D eigenvalue weighted by molar-refractivity contribution is 9.10. The molecule has 0 aliphatic rings. The lowest BCUT2D eigenvalue weighted by Crippen LogP contribution is -2.14. The van der Waals surface area contributed by atoms with Crippen molar-refractivity contribution in [2.45, 2.75) is 38.8 Å². The second-order valence-corrected chi connectivity index (χ2v) is 5.60. The molecule has 0 saturated heterocycles. The van der Waals surface area contributed by atoms with Crippen LogP contribution < -0.4 is 0 Å². The average Bonchev–Trinajstić information content (AvgIpc) is 2.80. The van der Waals surface area contributed by atoms with Gasteiger partial charge in [0.2, 0.25) is 0 Å². The molecule has 1 aromatic carbocycles. The molecule has 2 unspecified atom stereocenters. The topological polar surface area (TPSA) is 38.0 Å². The van der Waals surface area contributed by atoms with Crippen molar-refractivity contribution >= 4 is 15.9 Å². The maximum atomic E-state index is 10.6. The highest BCUT2D eigenvalue weighted by atomic mass is 79.9. The van der Waals surface area contributed by atoms with Crippen molar-refractivity contribution in [3.63, 3.8) is 0 Å². The molecule has 0 aliphatic heterocycles. The number of hydrogen-bond acceptors (Lipinski definition) is 2. The third-order valence-corrected chi connectivity index (χ3v) is 3.96. The normalized spacial score (nSPS) is 14.3. The first-order valence-electron chi connectivity index (χ1n) is 6.59. The van der Waals surface area contributed by atoms with Gasteiger partial charge in [0.25, 0.3) is 0 Å². The quantitative estimate of drug-likeness (QED) is 0.906. The van der Waals surface area contributed by atoms with Crippen molar-refractivity contribution in [1.82, 2.24) is 9.78 Å². The Labute approximate surface area is 122 Å². The Hall–Kier alpha value is -1.13. The van der Waals surface area contributed by atoms with Gasteiger partial charge in [-0.25, -0.2) is 0 Å². The maximum Gasteiger partial charge on any atom is 0.103 e. The number of halogens is 1. The summed E-state index contributed by atoms with van der Waals surface area (Å²) in [5.74, 6) is 0.0322. The van der Waals surface area contributed by atoms with Crippen molar-refractivity contribution < 1.29 is 5.11 Å². The standard InChI is InChI=1S/C15H19BrN2O/c1-3-9-18-14(13(16)10-17-18)15(19)11(2)12-7-5-4-6-8-12/h4-8,10-11,15,19H,3,9H2,1-2H3. The van der Waals surface area contributed by atoms with Gasteiger partial charge in [-0.15, -0.1) is 0 Å². The van der Waals surface area contributed by atoms with E-state index in [0.717, 1.165) is 28.7 Å². The smallest absolute Gasteiger partial charge is 0.103 e. The Balaban J connectivity index is 2.28. The minimum absolute atomic E-state index is 0.0322. The fourth-order valence-electron chi connectivity index (χ4n) is 2.23. The molecule has 1 aromatic heterocycles.